The second-order valence-electron chi connectivity index (χ2n) is 4.68. The van der Waals surface area contributed by atoms with Crippen LogP contribution in [-0.2, 0) is 25.5 Å². The van der Waals surface area contributed by atoms with Gasteiger partial charge in [0.1, 0.15) is 0 Å². The van der Waals surface area contributed by atoms with E-state index in [0.29, 0.717) is 26.9 Å². The lowest BCUT2D eigenvalue weighted by molar-refractivity contribution is -0.142. The average Bonchev–Trinajstić information content (AvgIpc) is 3.23. The number of carbonyl (C=O) groups is 3. The lowest BCUT2D eigenvalue weighted by Crippen LogP contribution is -2.14. The molecule has 0 aromatic carbocycles. The molecule has 146 valence electrons. The maximum Gasteiger partial charge on any atom is 0.413 e. The second-order valence-corrected chi connectivity index (χ2v) is 7.74. The summed E-state index contributed by atoms with van der Waals surface area (Å²) >= 11 is 3.54. The van der Waals surface area contributed by atoms with Crippen molar-refractivity contribution in [2.45, 2.75) is 24.6 Å². The van der Waals surface area contributed by atoms with E-state index < -0.39 is 6.09 Å². The van der Waals surface area contributed by atoms with Crippen LogP contribution in [0, 0.1) is 0 Å². The summed E-state index contributed by atoms with van der Waals surface area (Å²) in [5.41, 5.74) is 0.542. The molecule has 0 fully saturated rings. The number of rotatable bonds is 9. The molecule has 2 amide bonds. The summed E-state index contributed by atoms with van der Waals surface area (Å²) in [4.78, 5) is 38.9. The fourth-order valence-electron chi connectivity index (χ4n) is 1.66. The van der Waals surface area contributed by atoms with Crippen LogP contribution < -0.4 is 10.6 Å². The van der Waals surface area contributed by atoms with Crippen LogP contribution in [0.15, 0.2) is 9.72 Å². The molecule has 2 heterocycles. The molecule has 0 saturated heterocycles. The Bertz CT molecular complexity index is 794. The van der Waals surface area contributed by atoms with Gasteiger partial charge >= 0.3 is 12.1 Å². The Morgan fingerprint density at radius 1 is 1.11 bits per heavy atom. The second kappa shape index (κ2) is 10.8. The number of amides is 2. The van der Waals surface area contributed by atoms with Gasteiger partial charge in [-0.25, -0.2) is 9.78 Å². The molecule has 13 heteroatoms. The molecule has 2 aromatic rings. The third-order valence-corrected chi connectivity index (χ3v) is 5.43. The van der Waals surface area contributed by atoms with E-state index in [1.807, 2.05) is 0 Å². The predicted octanol–water partition coefficient (Wildman–Crippen LogP) is 2.40. The number of carbonyl (C=O) groups excluding carboxylic acids is 3. The minimum atomic E-state index is -0.606. The fourth-order valence-corrected chi connectivity index (χ4v) is 3.93. The predicted molar refractivity (Wildman–Crippen MR) is 102 cm³/mol. The van der Waals surface area contributed by atoms with Gasteiger partial charge in [0.25, 0.3) is 0 Å². The van der Waals surface area contributed by atoms with Gasteiger partial charge < -0.3 is 14.8 Å². The number of ether oxygens (including phenoxy) is 2. The lowest BCUT2D eigenvalue weighted by Gasteiger charge is -2.00. The third-order valence-electron chi connectivity index (χ3n) is 2.65. The van der Waals surface area contributed by atoms with Crippen LogP contribution >= 0.6 is 34.4 Å². The number of nitrogens with zero attached hydrogens (tertiary/aromatic N) is 3. The van der Waals surface area contributed by atoms with Crippen molar-refractivity contribution in [3.63, 3.8) is 0 Å². The van der Waals surface area contributed by atoms with Crippen LogP contribution in [0.5, 0.6) is 0 Å². The average molecular weight is 432 g/mol. The lowest BCUT2D eigenvalue weighted by atomic mass is 10.3. The summed E-state index contributed by atoms with van der Waals surface area (Å²) in [6.45, 7) is 4.00. The van der Waals surface area contributed by atoms with Crippen molar-refractivity contribution < 1.29 is 23.9 Å². The van der Waals surface area contributed by atoms with Gasteiger partial charge in [0, 0.05) is 5.38 Å². The minimum absolute atomic E-state index is 0.0655. The van der Waals surface area contributed by atoms with E-state index in [1.165, 1.54) is 23.1 Å². The first kappa shape index (κ1) is 21.1. The van der Waals surface area contributed by atoms with E-state index in [4.69, 9.17) is 9.47 Å². The number of hydrogen-bond donors (Lipinski definition) is 2. The molecule has 0 spiro atoms. The van der Waals surface area contributed by atoms with Gasteiger partial charge in [-0.15, -0.1) is 21.5 Å². The summed E-state index contributed by atoms with van der Waals surface area (Å²) in [5.74, 6) is -0.534. The van der Waals surface area contributed by atoms with Crippen molar-refractivity contribution in [2.24, 2.45) is 0 Å². The van der Waals surface area contributed by atoms with E-state index in [-0.39, 0.29) is 30.7 Å². The van der Waals surface area contributed by atoms with E-state index in [9.17, 15) is 14.4 Å². The first-order valence-corrected chi connectivity index (χ1v) is 10.5. The zero-order valence-electron chi connectivity index (χ0n) is 14.5. The quantitative estimate of drug-likeness (QED) is 0.349. The van der Waals surface area contributed by atoms with Gasteiger partial charge in [0.05, 0.1) is 31.1 Å². The molecule has 2 N–H and O–H groups in total. The van der Waals surface area contributed by atoms with Crippen LogP contribution in [0.4, 0.5) is 15.1 Å². The zero-order chi connectivity index (χ0) is 19.6. The first-order valence-electron chi connectivity index (χ1n) is 7.80. The Kier molecular flexibility index (Phi) is 8.42. The van der Waals surface area contributed by atoms with Crippen molar-refractivity contribution in [1.29, 1.82) is 0 Å². The van der Waals surface area contributed by atoms with Gasteiger partial charge in [-0.05, 0) is 13.8 Å². The van der Waals surface area contributed by atoms with Crippen LogP contribution in [0.2, 0.25) is 0 Å². The zero-order valence-corrected chi connectivity index (χ0v) is 17.0. The number of aromatic nitrogens is 3. The summed E-state index contributed by atoms with van der Waals surface area (Å²) < 4.78 is 10.1. The highest BCUT2D eigenvalue weighted by atomic mass is 32.2. The van der Waals surface area contributed by atoms with E-state index >= 15 is 0 Å². The molecule has 0 atom stereocenters. The summed E-state index contributed by atoms with van der Waals surface area (Å²) in [6, 6.07) is 0. The first-order chi connectivity index (χ1) is 13.0. The standard InChI is InChI=1S/C14H17N5O5S3/c1-3-23-10(21)5-8-6-25-11(15-8)16-9(20)7-26-14-19-18-12(27-14)17-13(22)24-4-2/h6H,3-5,7H2,1-2H3,(H,15,16,20)(H,17,18,22). The molecule has 0 radical (unpaired) electrons. The fraction of sp³-hybridized carbons (Fsp3) is 0.429. The maximum atomic E-state index is 12.0. The molecule has 27 heavy (non-hydrogen) atoms. The Balaban J connectivity index is 1.76. The molecule has 0 saturated carbocycles. The van der Waals surface area contributed by atoms with Crippen molar-refractivity contribution in [3.8, 4) is 0 Å². The number of esters is 1. The smallest absolute Gasteiger partial charge is 0.413 e. The minimum Gasteiger partial charge on any atom is -0.466 e. The molecule has 0 bridgehead atoms. The van der Waals surface area contributed by atoms with Gasteiger partial charge in [-0.3, -0.25) is 14.9 Å². The Labute approximate surface area is 167 Å². The number of nitrogens with one attached hydrogen (secondary N) is 2. The molecular formula is C14H17N5O5S3. The van der Waals surface area contributed by atoms with Gasteiger partial charge in [-0.2, -0.15) is 0 Å². The topological polar surface area (TPSA) is 132 Å². The number of anilines is 2. The molecule has 10 nitrogen and oxygen atoms in total. The highest BCUT2D eigenvalue weighted by Crippen LogP contribution is 2.26. The Hall–Kier alpha value is -2.25. The monoisotopic (exact) mass is 431 g/mol. The highest BCUT2D eigenvalue weighted by Gasteiger charge is 2.13. The maximum absolute atomic E-state index is 12.0. The van der Waals surface area contributed by atoms with Gasteiger partial charge in [0.2, 0.25) is 11.0 Å². The molecule has 2 aromatic heterocycles. The van der Waals surface area contributed by atoms with E-state index in [1.54, 1.807) is 19.2 Å². The molecule has 2 rings (SSSR count). The number of thioether (sulfide) groups is 1. The summed E-state index contributed by atoms with van der Waals surface area (Å²) in [6.07, 6.45) is -0.541. The molecule has 0 aliphatic carbocycles. The number of hydrogen-bond acceptors (Lipinski definition) is 11. The normalized spacial score (nSPS) is 10.3. The van der Waals surface area contributed by atoms with Crippen molar-refractivity contribution in [3.05, 3.63) is 11.1 Å². The molecule has 0 unspecified atom stereocenters. The molecule has 0 aliphatic heterocycles. The SMILES string of the molecule is CCOC(=O)Cc1csc(NC(=O)CSc2nnc(NC(=O)OCC)s2)n1. The van der Waals surface area contributed by atoms with Crippen molar-refractivity contribution in [2.75, 3.05) is 29.6 Å². The van der Waals surface area contributed by atoms with Gasteiger partial charge in [0.15, 0.2) is 9.47 Å². The van der Waals surface area contributed by atoms with E-state index in [0.717, 1.165) is 11.3 Å². The van der Waals surface area contributed by atoms with Crippen LogP contribution in [0.3, 0.4) is 0 Å². The van der Waals surface area contributed by atoms with Crippen molar-refractivity contribution >= 4 is 62.7 Å². The van der Waals surface area contributed by atoms with Crippen LogP contribution in [0.1, 0.15) is 19.5 Å². The molecular weight excluding hydrogens is 414 g/mol. The summed E-state index contributed by atoms with van der Waals surface area (Å²) in [5, 5.41) is 15.2. The number of thiazole rings is 1. The van der Waals surface area contributed by atoms with Crippen LogP contribution in [0.25, 0.3) is 0 Å². The highest BCUT2D eigenvalue weighted by molar-refractivity contribution is 8.01. The van der Waals surface area contributed by atoms with Crippen LogP contribution in [-0.4, -0.2) is 52.1 Å². The van der Waals surface area contributed by atoms with E-state index in [2.05, 4.69) is 25.8 Å². The Morgan fingerprint density at radius 3 is 2.63 bits per heavy atom. The Morgan fingerprint density at radius 2 is 1.89 bits per heavy atom. The third kappa shape index (κ3) is 7.48. The summed E-state index contributed by atoms with van der Waals surface area (Å²) in [7, 11) is 0. The van der Waals surface area contributed by atoms with Gasteiger partial charge in [-0.1, -0.05) is 23.1 Å². The van der Waals surface area contributed by atoms with Crippen molar-refractivity contribution in [1.82, 2.24) is 15.2 Å². The molecule has 0 aliphatic rings. The largest absolute Gasteiger partial charge is 0.466 e.